The molecule has 1 aliphatic heterocycles. The van der Waals surface area contributed by atoms with Crippen molar-refractivity contribution in [2.45, 2.75) is 6.92 Å². The van der Waals surface area contributed by atoms with Crippen LogP contribution in [0.4, 0.5) is 4.79 Å². The van der Waals surface area contributed by atoms with Crippen molar-refractivity contribution >= 4 is 17.8 Å². The normalized spacial score (nSPS) is 20.2. The molecule has 0 bridgehead atoms. The Morgan fingerprint density at radius 1 is 1.58 bits per heavy atom. The summed E-state index contributed by atoms with van der Waals surface area (Å²) >= 11 is 0. The van der Waals surface area contributed by atoms with Gasteiger partial charge in [0, 0.05) is 6.54 Å². The Morgan fingerprint density at radius 3 is 2.75 bits per heavy atom. The number of imide groups is 1. The molecule has 0 aromatic carbocycles. The van der Waals surface area contributed by atoms with Crippen LogP contribution in [0.2, 0.25) is 0 Å². The van der Waals surface area contributed by atoms with Crippen LogP contribution in [0.5, 0.6) is 0 Å². The van der Waals surface area contributed by atoms with E-state index >= 15 is 0 Å². The summed E-state index contributed by atoms with van der Waals surface area (Å²) < 4.78 is 0. The molecule has 3 amide bonds. The third-order valence-corrected chi connectivity index (χ3v) is 1.42. The maximum Gasteiger partial charge on any atom is 0.330 e. The molecule has 1 aliphatic rings. The molecule has 6 nitrogen and oxygen atoms in total. The maximum atomic E-state index is 11.0. The van der Waals surface area contributed by atoms with E-state index in [1.54, 1.807) is 6.92 Å². The van der Waals surface area contributed by atoms with Gasteiger partial charge in [-0.15, -0.1) is 0 Å². The molecule has 0 radical (unpaired) electrons. The fraction of sp³-hybridized carbons (Fsp3) is 0.500. The van der Waals surface area contributed by atoms with Gasteiger partial charge in [-0.25, -0.2) is 4.79 Å². The number of nitrogens with zero attached hydrogens (tertiary/aromatic N) is 2. The molecule has 66 valence electrons. The van der Waals surface area contributed by atoms with Gasteiger partial charge in [-0.3, -0.25) is 15.0 Å². The molecule has 0 aromatic rings. The summed E-state index contributed by atoms with van der Waals surface area (Å²) in [5.74, 6) is -0.520. The molecule has 12 heavy (non-hydrogen) atoms. The quantitative estimate of drug-likeness (QED) is 0.450. The second kappa shape index (κ2) is 3.21. The predicted octanol–water partition coefficient (Wildman–Crippen LogP) is -0.482. The first-order valence-corrected chi connectivity index (χ1v) is 3.44. The van der Waals surface area contributed by atoms with Crippen LogP contribution in [0.1, 0.15) is 6.92 Å². The number of carbonyl (C=O) groups is 2. The van der Waals surface area contributed by atoms with Crippen LogP contribution in [0.15, 0.2) is 5.16 Å². The first-order chi connectivity index (χ1) is 5.70. The fourth-order valence-corrected chi connectivity index (χ4v) is 0.910. The SMILES string of the molecule is CCN1C(=O)NC(=O)C1=NOC. The molecule has 1 saturated heterocycles. The second-order valence-corrected chi connectivity index (χ2v) is 2.10. The van der Waals surface area contributed by atoms with Crippen molar-refractivity contribution in [3.8, 4) is 0 Å². The number of hydrogen-bond donors (Lipinski definition) is 1. The molecule has 0 spiro atoms. The van der Waals surface area contributed by atoms with Crippen LogP contribution in [0, 0.1) is 0 Å². The highest BCUT2D eigenvalue weighted by atomic mass is 16.6. The van der Waals surface area contributed by atoms with Gasteiger partial charge in [0.15, 0.2) is 0 Å². The van der Waals surface area contributed by atoms with Crippen molar-refractivity contribution in [3.05, 3.63) is 0 Å². The molecule has 1 N–H and O–H groups in total. The van der Waals surface area contributed by atoms with E-state index in [1.165, 1.54) is 12.0 Å². The molecule has 0 atom stereocenters. The zero-order valence-corrected chi connectivity index (χ0v) is 6.83. The summed E-state index contributed by atoms with van der Waals surface area (Å²) in [4.78, 5) is 27.5. The molecule has 0 saturated carbocycles. The van der Waals surface area contributed by atoms with Crippen LogP contribution < -0.4 is 5.32 Å². The molecule has 0 aliphatic carbocycles. The van der Waals surface area contributed by atoms with Crippen molar-refractivity contribution in [2.24, 2.45) is 5.16 Å². The number of carbonyl (C=O) groups excluding carboxylic acids is 2. The van der Waals surface area contributed by atoms with Gasteiger partial charge in [-0.05, 0) is 6.92 Å². The van der Waals surface area contributed by atoms with E-state index in [4.69, 9.17) is 0 Å². The Kier molecular flexibility index (Phi) is 2.27. The van der Waals surface area contributed by atoms with Crippen molar-refractivity contribution < 1.29 is 14.4 Å². The summed E-state index contributed by atoms with van der Waals surface area (Å²) in [5.41, 5.74) is 0. The highest BCUT2D eigenvalue weighted by Crippen LogP contribution is 2.01. The molecule has 0 aromatic heterocycles. The number of likely N-dealkylation sites (N-methyl/N-ethyl adjacent to an activating group) is 1. The number of urea groups is 1. The van der Waals surface area contributed by atoms with Gasteiger partial charge in [0.2, 0.25) is 5.84 Å². The summed E-state index contributed by atoms with van der Waals surface area (Å²) in [6.07, 6.45) is 0. The number of oxime groups is 1. The van der Waals surface area contributed by atoms with Crippen molar-refractivity contribution in [1.82, 2.24) is 10.2 Å². The third-order valence-electron chi connectivity index (χ3n) is 1.42. The average molecular weight is 171 g/mol. The lowest BCUT2D eigenvalue weighted by atomic mass is 10.5. The largest absolute Gasteiger partial charge is 0.397 e. The van der Waals surface area contributed by atoms with Crippen LogP contribution >= 0.6 is 0 Å². The number of amidine groups is 1. The predicted molar refractivity (Wildman–Crippen MR) is 40.4 cm³/mol. The highest BCUT2D eigenvalue weighted by Gasteiger charge is 2.34. The summed E-state index contributed by atoms with van der Waals surface area (Å²) in [5, 5.41) is 5.51. The van der Waals surface area contributed by atoms with Gasteiger partial charge in [0.25, 0.3) is 5.91 Å². The molecule has 1 rings (SSSR count). The van der Waals surface area contributed by atoms with Gasteiger partial charge in [-0.2, -0.15) is 0 Å². The Hall–Kier alpha value is -1.59. The van der Waals surface area contributed by atoms with Crippen molar-refractivity contribution in [3.63, 3.8) is 0 Å². The number of rotatable bonds is 2. The minimum atomic E-state index is -0.524. The van der Waals surface area contributed by atoms with E-state index in [0.29, 0.717) is 6.54 Å². The Bertz CT molecular complexity index is 248. The fourth-order valence-electron chi connectivity index (χ4n) is 0.910. The smallest absolute Gasteiger partial charge is 0.330 e. The molecule has 1 fully saturated rings. The molecule has 0 unspecified atom stereocenters. The maximum absolute atomic E-state index is 11.0. The molecular weight excluding hydrogens is 162 g/mol. The topological polar surface area (TPSA) is 71.0 Å². The third kappa shape index (κ3) is 1.23. The minimum absolute atomic E-state index is 0.00463. The summed E-state index contributed by atoms with van der Waals surface area (Å²) in [6.45, 7) is 2.13. The van der Waals surface area contributed by atoms with E-state index in [1.807, 2.05) is 0 Å². The van der Waals surface area contributed by atoms with Crippen molar-refractivity contribution in [1.29, 1.82) is 0 Å². The van der Waals surface area contributed by atoms with E-state index in [0.717, 1.165) is 0 Å². The molecular formula is C6H9N3O3. The number of amides is 3. The van der Waals surface area contributed by atoms with Crippen LogP contribution in [-0.2, 0) is 9.63 Å². The molecule has 1 heterocycles. The standard InChI is InChI=1S/C6H9N3O3/c1-3-9-4(8-12-2)5(10)7-6(9)11/h3H2,1-2H3,(H,7,10,11). The van der Waals surface area contributed by atoms with Gasteiger partial charge >= 0.3 is 6.03 Å². The Balaban J connectivity index is 2.89. The van der Waals surface area contributed by atoms with Crippen LogP contribution in [0.3, 0.4) is 0 Å². The second-order valence-electron chi connectivity index (χ2n) is 2.10. The zero-order chi connectivity index (χ0) is 9.14. The molecule has 6 heteroatoms. The van der Waals surface area contributed by atoms with Gasteiger partial charge < -0.3 is 4.84 Å². The van der Waals surface area contributed by atoms with Gasteiger partial charge in [0.1, 0.15) is 7.11 Å². The summed E-state index contributed by atoms with van der Waals surface area (Å²) in [7, 11) is 1.32. The van der Waals surface area contributed by atoms with Gasteiger partial charge in [-0.1, -0.05) is 5.16 Å². The number of nitrogens with one attached hydrogen (secondary N) is 1. The van der Waals surface area contributed by atoms with Crippen LogP contribution in [0.25, 0.3) is 0 Å². The van der Waals surface area contributed by atoms with E-state index in [-0.39, 0.29) is 5.84 Å². The van der Waals surface area contributed by atoms with Crippen molar-refractivity contribution in [2.75, 3.05) is 13.7 Å². The van der Waals surface area contributed by atoms with E-state index in [2.05, 4.69) is 15.3 Å². The lowest BCUT2D eigenvalue weighted by Crippen LogP contribution is -2.30. The van der Waals surface area contributed by atoms with E-state index in [9.17, 15) is 9.59 Å². The Morgan fingerprint density at radius 2 is 2.25 bits per heavy atom. The summed E-state index contributed by atoms with van der Waals surface area (Å²) in [6, 6.07) is -0.460. The number of hydrogen-bond acceptors (Lipinski definition) is 4. The zero-order valence-electron chi connectivity index (χ0n) is 6.83. The minimum Gasteiger partial charge on any atom is -0.397 e. The first kappa shape index (κ1) is 8.51. The van der Waals surface area contributed by atoms with Gasteiger partial charge in [0.05, 0.1) is 0 Å². The lowest BCUT2D eigenvalue weighted by molar-refractivity contribution is -0.113. The average Bonchev–Trinajstić information content (AvgIpc) is 2.28. The van der Waals surface area contributed by atoms with Crippen LogP contribution in [-0.4, -0.2) is 36.3 Å². The van der Waals surface area contributed by atoms with E-state index < -0.39 is 11.9 Å². The monoisotopic (exact) mass is 171 g/mol. The highest BCUT2D eigenvalue weighted by molar-refractivity contribution is 6.46. The lowest BCUT2D eigenvalue weighted by Gasteiger charge is -2.08. The Labute approximate surface area is 69.2 Å². The first-order valence-electron chi connectivity index (χ1n) is 3.44.